The van der Waals surface area contributed by atoms with Gasteiger partial charge in [-0.25, -0.2) is 0 Å². The van der Waals surface area contributed by atoms with Crippen molar-refractivity contribution in [2.45, 2.75) is 51.3 Å². The van der Waals surface area contributed by atoms with Crippen molar-refractivity contribution >= 4 is 11.0 Å². The molecule has 2 atom stereocenters. The molecule has 5 rings (SSSR count). The number of pyridine rings is 1. The minimum atomic E-state index is -1.02. The molecule has 1 fully saturated rings. The summed E-state index contributed by atoms with van der Waals surface area (Å²) in [5.74, 6) is 0. The zero-order chi connectivity index (χ0) is 18.6. The van der Waals surface area contributed by atoms with Gasteiger partial charge in [-0.15, -0.1) is 5.10 Å². The zero-order valence-corrected chi connectivity index (χ0v) is 15.9. The van der Waals surface area contributed by atoms with Crippen molar-refractivity contribution in [3.05, 3.63) is 53.1 Å². The molecule has 6 heteroatoms. The van der Waals surface area contributed by atoms with Crippen LogP contribution < -0.4 is 0 Å². The van der Waals surface area contributed by atoms with Gasteiger partial charge in [-0.2, -0.15) is 5.10 Å². The molecule has 1 saturated heterocycles. The van der Waals surface area contributed by atoms with Crippen LogP contribution in [0.5, 0.6) is 0 Å². The van der Waals surface area contributed by atoms with Crippen molar-refractivity contribution in [2.24, 2.45) is 0 Å². The van der Waals surface area contributed by atoms with Crippen molar-refractivity contribution in [2.75, 3.05) is 13.1 Å². The van der Waals surface area contributed by atoms with Crippen LogP contribution >= 0.6 is 0 Å². The molecule has 2 unspecified atom stereocenters. The summed E-state index contributed by atoms with van der Waals surface area (Å²) < 4.78 is 2.21. The normalized spacial score (nSPS) is 21.8. The number of hydrogen-bond donors (Lipinski definition) is 1. The zero-order valence-electron chi connectivity index (χ0n) is 15.9. The Morgan fingerprint density at radius 2 is 2.19 bits per heavy atom. The van der Waals surface area contributed by atoms with Gasteiger partial charge in [0.2, 0.25) is 0 Å². The maximum absolute atomic E-state index is 11.2. The van der Waals surface area contributed by atoms with Crippen molar-refractivity contribution < 1.29 is 5.11 Å². The monoisotopic (exact) mass is 363 g/mol. The molecule has 2 aliphatic heterocycles. The average Bonchev–Trinajstić information content (AvgIpc) is 3.25. The number of hydrogen-bond acceptors (Lipinski definition) is 5. The van der Waals surface area contributed by atoms with Crippen molar-refractivity contribution in [3.8, 4) is 0 Å². The minimum Gasteiger partial charge on any atom is -0.384 e. The van der Waals surface area contributed by atoms with Crippen LogP contribution in [0.2, 0.25) is 0 Å². The summed E-state index contributed by atoms with van der Waals surface area (Å²) in [6.07, 6.45) is 6.92. The highest BCUT2D eigenvalue weighted by molar-refractivity contribution is 5.83. The predicted molar refractivity (Wildman–Crippen MR) is 103 cm³/mol. The van der Waals surface area contributed by atoms with Gasteiger partial charge in [0.05, 0.1) is 12.2 Å². The number of aromatic nitrogens is 4. The Morgan fingerprint density at radius 3 is 3.00 bits per heavy atom. The van der Waals surface area contributed by atoms with E-state index in [0.29, 0.717) is 12.6 Å². The summed E-state index contributed by atoms with van der Waals surface area (Å²) >= 11 is 0. The van der Waals surface area contributed by atoms with Crippen LogP contribution in [0.25, 0.3) is 11.0 Å². The van der Waals surface area contributed by atoms with Crippen LogP contribution in [-0.2, 0) is 18.6 Å². The third-order valence-corrected chi connectivity index (χ3v) is 6.16. The molecule has 3 aromatic heterocycles. The van der Waals surface area contributed by atoms with Gasteiger partial charge in [0.25, 0.3) is 0 Å². The smallest absolute Gasteiger partial charge is 0.163 e. The van der Waals surface area contributed by atoms with E-state index >= 15 is 0 Å². The predicted octanol–water partition coefficient (Wildman–Crippen LogP) is 2.74. The molecule has 0 amide bonds. The Hall–Kier alpha value is -2.31. The number of nitrogens with zero attached hydrogens (tertiary/aromatic N) is 5. The maximum Gasteiger partial charge on any atom is 0.163 e. The molecule has 27 heavy (non-hydrogen) atoms. The molecular weight excluding hydrogens is 338 g/mol. The second-order valence-electron chi connectivity index (χ2n) is 8.13. The lowest BCUT2D eigenvalue weighted by Crippen LogP contribution is -2.33. The van der Waals surface area contributed by atoms with E-state index in [1.54, 1.807) is 12.4 Å². The van der Waals surface area contributed by atoms with Gasteiger partial charge in [-0.3, -0.25) is 9.88 Å². The first-order valence-corrected chi connectivity index (χ1v) is 9.77. The van der Waals surface area contributed by atoms with Gasteiger partial charge in [0, 0.05) is 48.0 Å². The second-order valence-corrected chi connectivity index (χ2v) is 8.13. The van der Waals surface area contributed by atoms with E-state index in [0.717, 1.165) is 29.9 Å². The molecule has 140 valence electrons. The Bertz CT molecular complexity index is 995. The maximum atomic E-state index is 11.2. The Balaban J connectivity index is 1.67. The molecule has 0 saturated carbocycles. The van der Waals surface area contributed by atoms with E-state index in [-0.39, 0.29) is 0 Å². The molecule has 0 spiro atoms. The summed E-state index contributed by atoms with van der Waals surface area (Å²) in [4.78, 5) is 6.78. The molecule has 0 aliphatic carbocycles. The summed E-state index contributed by atoms with van der Waals surface area (Å²) in [5.41, 5.74) is 4.36. The van der Waals surface area contributed by atoms with Crippen LogP contribution in [-0.4, -0.2) is 42.8 Å². The molecule has 0 aromatic carbocycles. The lowest BCUT2D eigenvalue weighted by Gasteiger charge is -2.32. The number of fused-ring (bicyclic) bond motifs is 5. The van der Waals surface area contributed by atoms with E-state index in [9.17, 15) is 5.11 Å². The van der Waals surface area contributed by atoms with Crippen molar-refractivity contribution in [1.82, 2.24) is 24.6 Å². The largest absolute Gasteiger partial charge is 0.384 e. The lowest BCUT2D eigenvalue weighted by atomic mass is 9.95. The molecular formula is C21H25N5O. The number of aliphatic hydroxyl groups is 1. The highest BCUT2D eigenvalue weighted by atomic mass is 16.3. The third-order valence-electron chi connectivity index (χ3n) is 6.16. The first-order valence-electron chi connectivity index (χ1n) is 9.77. The van der Waals surface area contributed by atoms with Crippen LogP contribution in [0, 0.1) is 6.92 Å². The number of rotatable bonds is 3. The van der Waals surface area contributed by atoms with Crippen molar-refractivity contribution in [3.63, 3.8) is 0 Å². The van der Waals surface area contributed by atoms with Gasteiger partial charge in [-0.05, 0) is 50.9 Å². The fourth-order valence-corrected chi connectivity index (χ4v) is 4.87. The van der Waals surface area contributed by atoms with Gasteiger partial charge in [0.1, 0.15) is 5.60 Å². The van der Waals surface area contributed by atoms with Gasteiger partial charge in [-0.1, -0.05) is 6.07 Å². The fraction of sp³-hybridized carbons (Fsp3) is 0.476. The minimum absolute atomic E-state index is 0.453. The topological polar surface area (TPSA) is 67.1 Å². The first kappa shape index (κ1) is 16.8. The van der Waals surface area contributed by atoms with E-state index in [2.05, 4.69) is 30.7 Å². The summed E-state index contributed by atoms with van der Waals surface area (Å²) in [6.45, 7) is 6.57. The quantitative estimate of drug-likeness (QED) is 0.775. The standard InChI is InChI=1S/C21H25N5O/c1-14-11-16-19-17-6-4-9-25(17)10-7-18(19)26(20(16)24-23-14)13-21(2,27)15-5-3-8-22-12-15/h3,5,8,11-12,17,27H,4,6-7,9-10,13H2,1-2H3. The van der Waals surface area contributed by atoms with Gasteiger partial charge >= 0.3 is 0 Å². The molecule has 2 aliphatic rings. The second kappa shape index (κ2) is 6.11. The highest BCUT2D eigenvalue weighted by Crippen LogP contribution is 2.43. The van der Waals surface area contributed by atoms with Crippen LogP contribution in [0.1, 0.15) is 48.3 Å². The van der Waals surface area contributed by atoms with E-state index in [4.69, 9.17) is 0 Å². The average molecular weight is 363 g/mol. The Morgan fingerprint density at radius 1 is 1.30 bits per heavy atom. The van der Waals surface area contributed by atoms with Crippen LogP contribution in [0.3, 0.4) is 0 Å². The third kappa shape index (κ3) is 2.66. The fourth-order valence-electron chi connectivity index (χ4n) is 4.87. The molecule has 3 aromatic rings. The van der Waals surface area contributed by atoms with Crippen molar-refractivity contribution in [1.29, 1.82) is 0 Å². The summed E-state index contributed by atoms with van der Waals surface area (Å²) in [6, 6.07) is 6.44. The number of aryl methyl sites for hydroxylation is 1. The molecule has 0 radical (unpaired) electrons. The lowest BCUT2D eigenvalue weighted by molar-refractivity contribution is 0.0378. The Kier molecular flexibility index (Phi) is 3.81. The van der Waals surface area contributed by atoms with Crippen LogP contribution in [0.15, 0.2) is 30.6 Å². The van der Waals surface area contributed by atoms with E-state index < -0.39 is 5.60 Å². The SMILES string of the molecule is Cc1cc2c3c(n(CC(C)(O)c4cccnc4)c2nn1)CCN1CCCC31. The van der Waals surface area contributed by atoms with Gasteiger partial charge in [0.15, 0.2) is 5.65 Å². The molecule has 1 N–H and O–H groups in total. The van der Waals surface area contributed by atoms with Crippen LogP contribution in [0.4, 0.5) is 0 Å². The molecule has 5 heterocycles. The summed E-state index contributed by atoms with van der Waals surface area (Å²) in [7, 11) is 0. The van der Waals surface area contributed by atoms with Gasteiger partial charge < -0.3 is 9.67 Å². The highest BCUT2D eigenvalue weighted by Gasteiger charge is 2.37. The van der Waals surface area contributed by atoms with E-state index in [1.807, 2.05) is 26.0 Å². The summed E-state index contributed by atoms with van der Waals surface area (Å²) in [5, 5.41) is 21.3. The Labute approximate surface area is 158 Å². The molecule has 6 nitrogen and oxygen atoms in total. The molecule has 0 bridgehead atoms. The first-order chi connectivity index (χ1) is 13.0. The van der Waals surface area contributed by atoms with E-state index in [1.165, 1.54) is 36.0 Å².